The normalized spacial score (nSPS) is 20.3. The van der Waals surface area contributed by atoms with E-state index in [1.807, 2.05) is 11.6 Å². The van der Waals surface area contributed by atoms with E-state index < -0.39 is 0 Å². The van der Waals surface area contributed by atoms with Crippen LogP contribution in [0.15, 0.2) is 28.7 Å². The van der Waals surface area contributed by atoms with Gasteiger partial charge in [0.05, 0.1) is 18.6 Å². The second-order valence-electron chi connectivity index (χ2n) is 7.05. The molecule has 8 nitrogen and oxygen atoms in total. The molecular formula is C18H21N7O. The highest BCUT2D eigenvalue weighted by atomic mass is 16.4. The lowest BCUT2D eigenvalue weighted by Gasteiger charge is -2.34. The average molecular weight is 351 g/mol. The van der Waals surface area contributed by atoms with Crippen molar-refractivity contribution in [2.45, 2.75) is 57.8 Å². The first-order valence-electron chi connectivity index (χ1n) is 9.21. The van der Waals surface area contributed by atoms with E-state index in [1.54, 1.807) is 0 Å². The molecule has 134 valence electrons. The molecule has 0 bridgehead atoms. The molecule has 0 saturated heterocycles. The van der Waals surface area contributed by atoms with Crippen molar-refractivity contribution < 1.29 is 4.42 Å². The number of tetrazole rings is 1. The molecular weight excluding hydrogens is 330 g/mol. The number of aryl methyl sites for hydroxylation is 1. The van der Waals surface area contributed by atoms with Gasteiger partial charge in [-0.15, -0.1) is 15.3 Å². The van der Waals surface area contributed by atoms with Gasteiger partial charge >= 0.3 is 0 Å². The number of hydrogen-bond donors (Lipinski definition) is 0. The number of hydrogen-bond acceptors (Lipinski definition) is 7. The minimum absolute atomic E-state index is 0.0436. The van der Waals surface area contributed by atoms with Crippen LogP contribution in [-0.4, -0.2) is 35.3 Å². The van der Waals surface area contributed by atoms with Gasteiger partial charge in [0.2, 0.25) is 11.8 Å². The smallest absolute Gasteiger partial charge is 0.233 e. The predicted molar refractivity (Wildman–Crippen MR) is 91.9 cm³/mol. The molecule has 2 aliphatic rings. The largest absolute Gasteiger partial charge is 0.424 e. The van der Waals surface area contributed by atoms with E-state index in [9.17, 15) is 0 Å². The highest BCUT2D eigenvalue weighted by Crippen LogP contribution is 2.37. The van der Waals surface area contributed by atoms with Crippen molar-refractivity contribution >= 4 is 0 Å². The molecule has 1 saturated carbocycles. The van der Waals surface area contributed by atoms with Crippen molar-refractivity contribution in [2.75, 3.05) is 0 Å². The second-order valence-corrected chi connectivity index (χ2v) is 7.05. The molecule has 1 aromatic carbocycles. The van der Waals surface area contributed by atoms with E-state index in [1.165, 1.54) is 11.1 Å². The van der Waals surface area contributed by atoms with Crippen LogP contribution < -0.4 is 0 Å². The molecule has 1 atom stereocenters. The van der Waals surface area contributed by atoms with E-state index in [2.05, 4.69) is 54.9 Å². The van der Waals surface area contributed by atoms with Gasteiger partial charge in [-0.05, 0) is 40.8 Å². The molecule has 1 aliphatic carbocycles. The topological polar surface area (TPSA) is 85.8 Å². The Kier molecular flexibility index (Phi) is 3.77. The van der Waals surface area contributed by atoms with Crippen molar-refractivity contribution in [3.05, 3.63) is 53.0 Å². The Labute approximate surface area is 151 Å². The Bertz CT molecular complexity index is 914. The molecule has 3 aromatic rings. The first-order chi connectivity index (χ1) is 12.8. The van der Waals surface area contributed by atoms with E-state index in [0.717, 1.165) is 38.1 Å². The van der Waals surface area contributed by atoms with E-state index in [0.29, 0.717) is 24.4 Å². The molecule has 1 fully saturated rings. The molecule has 1 aliphatic heterocycles. The Morgan fingerprint density at radius 1 is 1.12 bits per heavy atom. The molecule has 5 rings (SSSR count). The van der Waals surface area contributed by atoms with Gasteiger partial charge < -0.3 is 4.42 Å². The maximum Gasteiger partial charge on any atom is 0.233 e. The maximum absolute atomic E-state index is 5.90. The fourth-order valence-electron chi connectivity index (χ4n) is 3.63. The molecule has 26 heavy (non-hydrogen) atoms. The van der Waals surface area contributed by atoms with Crippen LogP contribution in [0.2, 0.25) is 0 Å². The zero-order valence-corrected chi connectivity index (χ0v) is 14.7. The van der Waals surface area contributed by atoms with Crippen LogP contribution in [-0.2, 0) is 25.9 Å². The minimum atomic E-state index is 0.0436. The van der Waals surface area contributed by atoms with Gasteiger partial charge in [-0.2, -0.15) is 0 Å². The number of aromatic nitrogens is 6. The van der Waals surface area contributed by atoms with Gasteiger partial charge in [0.15, 0.2) is 5.82 Å². The summed E-state index contributed by atoms with van der Waals surface area (Å²) in [5, 5.41) is 20.8. The Hall–Kier alpha value is -2.61. The highest BCUT2D eigenvalue weighted by Gasteiger charge is 2.34. The number of fused-ring (bicyclic) bond motifs is 1. The molecule has 1 unspecified atom stereocenters. The first-order valence-corrected chi connectivity index (χ1v) is 9.21. The standard InChI is InChI=1S/C18H21N7O/c1-2-17-20-21-18(26-17)15-9-12-5-3-4-6-13(12)10-24(15)11-16-19-22-23-25(16)14-7-8-14/h3-6,14-15H,2,7-11H2,1H3. The van der Waals surface area contributed by atoms with Crippen LogP contribution in [0, 0.1) is 0 Å². The summed E-state index contributed by atoms with van der Waals surface area (Å²) in [5.74, 6) is 2.27. The van der Waals surface area contributed by atoms with E-state index in [4.69, 9.17) is 4.42 Å². The summed E-state index contributed by atoms with van der Waals surface area (Å²) in [5.41, 5.74) is 2.68. The van der Waals surface area contributed by atoms with E-state index in [-0.39, 0.29) is 6.04 Å². The van der Waals surface area contributed by atoms with Crippen molar-refractivity contribution in [3.8, 4) is 0 Å². The fraction of sp³-hybridized carbons (Fsp3) is 0.500. The zero-order valence-electron chi connectivity index (χ0n) is 14.7. The molecule has 0 amide bonds. The van der Waals surface area contributed by atoms with Gasteiger partial charge in [0.1, 0.15) is 0 Å². The Morgan fingerprint density at radius 3 is 2.73 bits per heavy atom. The lowest BCUT2D eigenvalue weighted by molar-refractivity contribution is 0.131. The molecule has 0 spiro atoms. The summed E-state index contributed by atoms with van der Waals surface area (Å²) in [7, 11) is 0. The lowest BCUT2D eigenvalue weighted by Crippen LogP contribution is -2.35. The maximum atomic E-state index is 5.90. The van der Waals surface area contributed by atoms with Crippen LogP contribution in [0.3, 0.4) is 0 Å². The molecule has 2 aromatic heterocycles. The third-order valence-corrected chi connectivity index (χ3v) is 5.21. The Balaban J connectivity index is 1.48. The number of nitrogens with zero attached hydrogens (tertiary/aromatic N) is 7. The predicted octanol–water partition coefficient (Wildman–Crippen LogP) is 2.25. The van der Waals surface area contributed by atoms with Crippen LogP contribution in [0.5, 0.6) is 0 Å². The van der Waals surface area contributed by atoms with Crippen LogP contribution in [0.25, 0.3) is 0 Å². The fourth-order valence-corrected chi connectivity index (χ4v) is 3.63. The summed E-state index contributed by atoms with van der Waals surface area (Å²) < 4.78 is 7.88. The van der Waals surface area contributed by atoms with Crippen LogP contribution in [0.4, 0.5) is 0 Å². The van der Waals surface area contributed by atoms with Crippen molar-refractivity contribution in [2.24, 2.45) is 0 Å². The monoisotopic (exact) mass is 351 g/mol. The van der Waals surface area contributed by atoms with E-state index >= 15 is 0 Å². The van der Waals surface area contributed by atoms with Crippen molar-refractivity contribution in [1.82, 2.24) is 35.3 Å². The zero-order chi connectivity index (χ0) is 17.5. The first kappa shape index (κ1) is 15.6. The second kappa shape index (κ2) is 6.28. The third kappa shape index (κ3) is 2.80. The number of rotatable bonds is 5. The third-order valence-electron chi connectivity index (χ3n) is 5.21. The summed E-state index contributed by atoms with van der Waals surface area (Å²) in [6, 6.07) is 9.06. The highest BCUT2D eigenvalue weighted by molar-refractivity contribution is 5.30. The van der Waals surface area contributed by atoms with Crippen molar-refractivity contribution in [1.29, 1.82) is 0 Å². The van der Waals surface area contributed by atoms with Gasteiger partial charge in [0, 0.05) is 13.0 Å². The molecule has 3 heterocycles. The lowest BCUT2D eigenvalue weighted by atomic mass is 9.94. The minimum Gasteiger partial charge on any atom is -0.424 e. The molecule has 0 radical (unpaired) electrons. The number of benzene rings is 1. The van der Waals surface area contributed by atoms with Gasteiger partial charge in [-0.25, -0.2) is 4.68 Å². The summed E-state index contributed by atoms with van der Waals surface area (Å²) in [6.45, 7) is 3.52. The SMILES string of the molecule is CCc1nnc(C2Cc3ccccc3CN2Cc2nnnn2C2CC2)o1. The van der Waals surface area contributed by atoms with Crippen LogP contribution in [0.1, 0.15) is 60.6 Å². The summed E-state index contributed by atoms with van der Waals surface area (Å²) >= 11 is 0. The quantitative estimate of drug-likeness (QED) is 0.697. The molecule has 0 N–H and O–H groups in total. The summed E-state index contributed by atoms with van der Waals surface area (Å²) in [4.78, 5) is 2.35. The Morgan fingerprint density at radius 2 is 1.96 bits per heavy atom. The van der Waals surface area contributed by atoms with Gasteiger partial charge in [0.25, 0.3) is 0 Å². The summed E-state index contributed by atoms with van der Waals surface area (Å²) in [6.07, 6.45) is 3.92. The molecule has 8 heteroatoms. The average Bonchev–Trinajstić information content (AvgIpc) is 3.22. The van der Waals surface area contributed by atoms with Gasteiger partial charge in [-0.3, -0.25) is 4.90 Å². The van der Waals surface area contributed by atoms with Crippen molar-refractivity contribution in [3.63, 3.8) is 0 Å². The van der Waals surface area contributed by atoms with Crippen LogP contribution >= 0.6 is 0 Å². The van der Waals surface area contributed by atoms with Gasteiger partial charge in [-0.1, -0.05) is 31.2 Å².